The van der Waals surface area contributed by atoms with Crippen LogP contribution in [0.3, 0.4) is 0 Å². The molecule has 0 saturated heterocycles. The molecule has 150 valence electrons. The number of aromatic nitrogens is 1. The summed E-state index contributed by atoms with van der Waals surface area (Å²) in [7, 11) is 1.79. The van der Waals surface area contributed by atoms with Gasteiger partial charge in [-0.3, -0.25) is 9.78 Å². The minimum atomic E-state index is -0.583. The van der Waals surface area contributed by atoms with Crippen LogP contribution in [0.15, 0.2) is 30.2 Å². The van der Waals surface area contributed by atoms with Crippen LogP contribution in [0.2, 0.25) is 0 Å². The van der Waals surface area contributed by atoms with Gasteiger partial charge in [0.15, 0.2) is 5.83 Å². The second-order valence-electron chi connectivity index (χ2n) is 10.2. The summed E-state index contributed by atoms with van der Waals surface area (Å²) < 4.78 is 15.5. The molecule has 5 rings (SSSR count). The van der Waals surface area contributed by atoms with Gasteiger partial charge in [0, 0.05) is 30.3 Å². The molecule has 28 heavy (non-hydrogen) atoms. The summed E-state index contributed by atoms with van der Waals surface area (Å²) in [6.07, 6.45) is 10.2. The summed E-state index contributed by atoms with van der Waals surface area (Å²) in [5.41, 5.74) is 1.33. The summed E-state index contributed by atoms with van der Waals surface area (Å²) in [6, 6.07) is 5.69. The Labute approximate surface area is 167 Å². The topological polar surface area (TPSA) is 33.2 Å². The summed E-state index contributed by atoms with van der Waals surface area (Å²) in [5.74, 6) is 0.750. The minimum Gasteiger partial charge on any atom is -0.336 e. The summed E-state index contributed by atoms with van der Waals surface area (Å²) in [4.78, 5) is 19.0. The van der Waals surface area contributed by atoms with Gasteiger partial charge in [-0.2, -0.15) is 0 Å². The molecule has 0 aromatic carbocycles. The third-order valence-corrected chi connectivity index (χ3v) is 9.11. The van der Waals surface area contributed by atoms with E-state index in [4.69, 9.17) is 0 Å². The van der Waals surface area contributed by atoms with Crippen molar-refractivity contribution in [3.05, 3.63) is 35.9 Å². The van der Waals surface area contributed by atoms with Crippen molar-refractivity contribution >= 4 is 11.5 Å². The quantitative estimate of drug-likeness (QED) is 0.666. The molecule has 1 aliphatic heterocycles. The van der Waals surface area contributed by atoms with Crippen LogP contribution in [0.5, 0.6) is 0 Å². The first kappa shape index (κ1) is 18.3. The molecule has 3 nitrogen and oxygen atoms in total. The molecule has 1 aromatic rings. The molecule has 0 unspecified atom stereocenters. The zero-order valence-corrected chi connectivity index (χ0v) is 17.2. The predicted octanol–water partition coefficient (Wildman–Crippen LogP) is 5.24. The SMILES string of the molecule is CN1C(=O)C(F)=C(c2ccccn2)[C@]2(C)[C@H]3CC[C@]4(C)CCC[C@H]4[C@@H]3CC[C@@H]12. The van der Waals surface area contributed by atoms with Crippen molar-refractivity contribution in [1.29, 1.82) is 0 Å². The summed E-state index contributed by atoms with van der Waals surface area (Å²) in [6.45, 7) is 4.72. The van der Waals surface area contributed by atoms with Gasteiger partial charge in [-0.25, -0.2) is 4.39 Å². The number of rotatable bonds is 1. The number of hydrogen-bond acceptors (Lipinski definition) is 2. The lowest BCUT2D eigenvalue weighted by atomic mass is 9.46. The molecule has 6 atom stereocenters. The van der Waals surface area contributed by atoms with E-state index in [-0.39, 0.29) is 11.5 Å². The van der Waals surface area contributed by atoms with Gasteiger partial charge < -0.3 is 4.90 Å². The maximum absolute atomic E-state index is 15.5. The highest BCUT2D eigenvalue weighted by Gasteiger charge is 2.62. The third kappa shape index (κ3) is 2.26. The number of fused-ring (bicyclic) bond motifs is 5. The fourth-order valence-electron chi connectivity index (χ4n) is 7.81. The van der Waals surface area contributed by atoms with Crippen LogP contribution in [0.25, 0.3) is 5.57 Å². The molecule has 1 amide bonds. The second-order valence-corrected chi connectivity index (χ2v) is 10.2. The molecule has 3 aliphatic carbocycles. The monoisotopic (exact) mass is 382 g/mol. The van der Waals surface area contributed by atoms with E-state index in [2.05, 4.69) is 18.8 Å². The lowest BCUT2D eigenvalue weighted by Crippen LogP contribution is -2.61. The molecule has 4 aliphatic rings. The Morgan fingerprint density at radius 2 is 1.93 bits per heavy atom. The Hall–Kier alpha value is -1.71. The van der Waals surface area contributed by atoms with Crippen LogP contribution in [0.4, 0.5) is 4.39 Å². The molecule has 1 aromatic heterocycles. The number of carbonyl (C=O) groups is 1. The molecule has 3 fully saturated rings. The van der Waals surface area contributed by atoms with Gasteiger partial charge in [-0.05, 0) is 73.8 Å². The first-order chi connectivity index (χ1) is 13.4. The Morgan fingerprint density at radius 3 is 2.68 bits per heavy atom. The Morgan fingerprint density at radius 1 is 1.11 bits per heavy atom. The summed E-state index contributed by atoms with van der Waals surface area (Å²) in [5, 5.41) is 0. The van der Waals surface area contributed by atoms with Crippen LogP contribution in [-0.4, -0.2) is 28.9 Å². The van der Waals surface area contributed by atoms with Gasteiger partial charge in [0.25, 0.3) is 5.91 Å². The maximum Gasteiger partial charge on any atom is 0.283 e. The van der Waals surface area contributed by atoms with Gasteiger partial charge >= 0.3 is 0 Å². The molecular weight excluding hydrogens is 351 g/mol. The second kappa shape index (κ2) is 6.14. The molecule has 0 N–H and O–H groups in total. The van der Waals surface area contributed by atoms with Crippen LogP contribution in [0, 0.1) is 28.6 Å². The van der Waals surface area contributed by atoms with E-state index in [9.17, 15) is 4.79 Å². The fourth-order valence-corrected chi connectivity index (χ4v) is 7.81. The third-order valence-electron chi connectivity index (χ3n) is 9.11. The fraction of sp³-hybridized carbons (Fsp3) is 0.667. The zero-order valence-electron chi connectivity index (χ0n) is 17.2. The molecule has 0 spiro atoms. The standard InChI is InChI=1S/C24H31FN2O/c1-23-12-6-7-16(23)15-9-10-19-24(2,17(15)11-13-23)20(18-8-4-5-14-26-18)21(25)22(28)27(19)3/h4-5,8,14-17,19H,6-7,9-13H2,1-3H3/t15-,16-,17-,19+,23-,24+/m0/s1. The highest BCUT2D eigenvalue weighted by Crippen LogP contribution is 2.66. The molecular formula is C24H31FN2O. The number of likely N-dealkylation sites (N-methyl/N-ethyl adjacent to an activating group) is 1. The minimum absolute atomic E-state index is 0.0588. The van der Waals surface area contributed by atoms with Crippen molar-refractivity contribution in [3.63, 3.8) is 0 Å². The number of pyridine rings is 1. The Balaban J connectivity index is 1.66. The number of nitrogens with zero attached hydrogens (tertiary/aromatic N) is 2. The van der Waals surface area contributed by atoms with Crippen LogP contribution in [-0.2, 0) is 4.79 Å². The van der Waals surface area contributed by atoms with Crippen LogP contribution < -0.4 is 0 Å². The highest BCUT2D eigenvalue weighted by atomic mass is 19.1. The van der Waals surface area contributed by atoms with E-state index >= 15 is 4.39 Å². The normalized spacial score (nSPS) is 42.9. The van der Waals surface area contributed by atoms with E-state index in [1.54, 1.807) is 18.1 Å². The van der Waals surface area contributed by atoms with Crippen molar-refractivity contribution in [2.24, 2.45) is 28.6 Å². The average molecular weight is 383 g/mol. The van der Waals surface area contributed by atoms with Crippen LogP contribution in [0.1, 0.15) is 64.5 Å². The van der Waals surface area contributed by atoms with Crippen molar-refractivity contribution < 1.29 is 9.18 Å². The smallest absolute Gasteiger partial charge is 0.283 e. The Kier molecular flexibility index (Phi) is 4.02. The summed E-state index contributed by atoms with van der Waals surface area (Å²) >= 11 is 0. The average Bonchev–Trinajstić information content (AvgIpc) is 3.09. The van der Waals surface area contributed by atoms with Gasteiger partial charge in [0.1, 0.15) is 0 Å². The van der Waals surface area contributed by atoms with Crippen molar-refractivity contribution in [2.45, 2.75) is 64.8 Å². The van der Waals surface area contributed by atoms with E-state index < -0.39 is 11.7 Å². The van der Waals surface area contributed by atoms with Crippen molar-refractivity contribution in [3.8, 4) is 0 Å². The van der Waals surface area contributed by atoms with Gasteiger partial charge in [0.05, 0.1) is 5.69 Å². The molecule has 3 saturated carbocycles. The van der Waals surface area contributed by atoms with E-state index in [1.165, 1.54) is 32.1 Å². The van der Waals surface area contributed by atoms with Crippen molar-refractivity contribution in [1.82, 2.24) is 9.88 Å². The molecule has 0 radical (unpaired) electrons. The molecule has 2 heterocycles. The number of hydrogen-bond donors (Lipinski definition) is 0. The van der Waals surface area contributed by atoms with Gasteiger partial charge in [-0.1, -0.05) is 26.3 Å². The highest BCUT2D eigenvalue weighted by molar-refractivity contribution is 6.02. The Bertz CT molecular complexity index is 836. The van der Waals surface area contributed by atoms with Crippen LogP contribution >= 0.6 is 0 Å². The lowest BCUT2D eigenvalue weighted by molar-refractivity contribution is -0.140. The largest absolute Gasteiger partial charge is 0.336 e. The molecule has 0 bridgehead atoms. The van der Waals surface area contributed by atoms with Gasteiger partial charge in [-0.15, -0.1) is 0 Å². The van der Waals surface area contributed by atoms with Gasteiger partial charge in [0.2, 0.25) is 0 Å². The van der Waals surface area contributed by atoms with E-state index in [0.29, 0.717) is 28.5 Å². The van der Waals surface area contributed by atoms with E-state index in [0.717, 1.165) is 18.8 Å². The molecule has 4 heteroatoms. The van der Waals surface area contributed by atoms with E-state index in [1.807, 2.05) is 18.2 Å². The van der Waals surface area contributed by atoms with Crippen molar-refractivity contribution in [2.75, 3.05) is 7.05 Å². The first-order valence-electron chi connectivity index (χ1n) is 11.0. The number of amides is 1. The zero-order chi connectivity index (χ0) is 19.7. The number of halogens is 1. The predicted molar refractivity (Wildman–Crippen MR) is 108 cm³/mol. The first-order valence-corrected chi connectivity index (χ1v) is 11.0. The number of carbonyl (C=O) groups excluding carboxylic acids is 1. The maximum atomic E-state index is 15.5. The lowest BCUT2D eigenvalue weighted by Gasteiger charge is -2.61.